The van der Waals surface area contributed by atoms with Crippen molar-refractivity contribution in [2.24, 2.45) is 0 Å². The molecule has 2 saturated heterocycles. The highest BCUT2D eigenvalue weighted by Gasteiger charge is 2.51. The number of methoxy groups -OCH3 is 1. The van der Waals surface area contributed by atoms with Crippen molar-refractivity contribution in [3.8, 4) is 11.5 Å². The first-order valence-electron chi connectivity index (χ1n) is 9.10. The van der Waals surface area contributed by atoms with Crippen LogP contribution < -0.4 is 14.9 Å². The first-order chi connectivity index (χ1) is 11.7. The fourth-order valence-corrected chi connectivity index (χ4v) is 3.19. The van der Waals surface area contributed by atoms with Crippen LogP contribution in [-0.4, -0.2) is 56.6 Å². The Balaban J connectivity index is 1.74. The summed E-state index contributed by atoms with van der Waals surface area (Å²) in [6.45, 7) is 10.4. The molecule has 0 spiro atoms. The third-order valence-electron chi connectivity index (χ3n) is 5.67. The van der Waals surface area contributed by atoms with Crippen LogP contribution in [0.2, 0.25) is 0 Å². The Morgan fingerprint density at radius 1 is 1.04 bits per heavy atom. The zero-order valence-electron chi connectivity index (χ0n) is 16.3. The van der Waals surface area contributed by atoms with Gasteiger partial charge in [0, 0.05) is 13.1 Å². The van der Waals surface area contributed by atoms with Crippen molar-refractivity contribution in [1.29, 1.82) is 0 Å². The fraction of sp³-hybridized carbons (Fsp3) is 0.684. The number of rotatable bonds is 4. The molecule has 1 aromatic rings. The Kier molecular flexibility index (Phi) is 5.06. The normalized spacial score (nSPS) is 23.7. The molecule has 0 amide bonds. The van der Waals surface area contributed by atoms with Crippen molar-refractivity contribution in [1.82, 2.24) is 4.90 Å². The van der Waals surface area contributed by atoms with E-state index in [-0.39, 0.29) is 17.3 Å². The third-order valence-corrected chi connectivity index (χ3v) is 5.67. The van der Waals surface area contributed by atoms with E-state index in [2.05, 4.69) is 39.6 Å². The van der Waals surface area contributed by atoms with Crippen LogP contribution in [0.25, 0.3) is 0 Å². The van der Waals surface area contributed by atoms with E-state index in [0.717, 1.165) is 42.9 Å². The van der Waals surface area contributed by atoms with Crippen LogP contribution in [-0.2, 0) is 9.31 Å². The summed E-state index contributed by atoms with van der Waals surface area (Å²) < 4.78 is 24.0. The van der Waals surface area contributed by atoms with Gasteiger partial charge < -0.3 is 23.7 Å². The number of hydrogen-bond acceptors (Lipinski definition) is 5. The first kappa shape index (κ1) is 18.6. The summed E-state index contributed by atoms with van der Waals surface area (Å²) in [6, 6.07) is 5.94. The Bertz CT molecular complexity index is 595. The molecule has 6 heteroatoms. The van der Waals surface area contributed by atoms with Crippen molar-refractivity contribution < 1.29 is 18.8 Å². The van der Waals surface area contributed by atoms with Gasteiger partial charge in [-0.1, -0.05) is 6.07 Å². The summed E-state index contributed by atoms with van der Waals surface area (Å²) in [5.74, 6) is 1.52. The number of likely N-dealkylation sites (tertiary alicyclic amines) is 1. The largest absolute Gasteiger partial charge is 0.494 e. The Morgan fingerprint density at radius 3 is 2.20 bits per heavy atom. The summed E-state index contributed by atoms with van der Waals surface area (Å²) in [6.07, 6.45) is 2.32. The SMILES string of the molecule is COc1cc(B2OC(C)(C)C(C)(C)O2)ccc1OC1CCN(C)CC1. The Morgan fingerprint density at radius 2 is 1.64 bits per heavy atom. The average molecular weight is 347 g/mol. The van der Waals surface area contributed by atoms with E-state index in [1.165, 1.54) is 0 Å². The molecule has 0 aromatic heterocycles. The zero-order valence-corrected chi connectivity index (χ0v) is 16.3. The van der Waals surface area contributed by atoms with Crippen LogP contribution >= 0.6 is 0 Å². The van der Waals surface area contributed by atoms with Gasteiger partial charge in [-0.05, 0) is 65.2 Å². The van der Waals surface area contributed by atoms with E-state index in [1.54, 1.807) is 7.11 Å². The van der Waals surface area contributed by atoms with E-state index < -0.39 is 7.12 Å². The molecule has 138 valence electrons. The molecule has 5 nitrogen and oxygen atoms in total. The third kappa shape index (κ3) is 3.81. The minimum Gasteiger partial charge on any atom is -0.493 e. The van der Waals surface area contributed by atoms with E-state index in [4.69, 9.17) is 18.8 Å². The monoisotopic (exact) mass is 347 g/mol. The molecule has 25 heavy (non-hydrogen) atoms. The van der Waals surface area contributed by atoms with Crippen molar-refractivity contribution >= 4 is 12.6 Å². The van der Waals surface area contributed by atoms with Gasteiger partial charge in [0.2, 0.25) is 0 Å². The highest BCUT2D eigenvalue weighted by atomic mass is 16.7. The van der Waals surface area contributed by atoms with Crippen molar-refractivity contribution in [3.05, 3.63) is 18.2 Å². The summed E-state index contributed by atoms with van der Waals surface area (Å²) in [5, 5.41) is 0. The maximum Gasteiger partial charge on any atom is 0.494 e. The minimum absolute atomic E-state index is 0.243. The van der Waals surface area contributed by atoms with Crippen LogP contribution in [0.5, 0.6) is 11.5 Å². The molecule has 0 saturated carbocycles. The van der Waals surface area contributed by atoms with E-state index in [9.17, 15) is 0 Å². The molecule has 0 bridgehead atoms. The van der Waals surface area contributed by atoms with Crippen LogP contribution in [0.3, 0.4) is 0 Å². The van der Waals surface area contributed by atoms with Crippen molar-refractivity contribution in [3.63, 3.8) is 0 Å². The molecule has 0 unspecified atom stereocenters. The second kappa shape index (κ2) is 6.82. The lowest BCUT2D eigenvalue weighted by Gasteiger charge is -2.32. The Labute approximate surface area is 151 Å². The van der Waals surface area contributed by atoms with Gasteiger partial charge in [0.15, 0.2) is 11.5 Å². The lowest BCUT2D eigenvalue weighted by Crippen LogP contribution is -2.41. The van der Waals surface area contributed by atoms with Crippen LogP contribution in [0.1, 0.15) is 40.5 Å². The predicted molar refractivity (Wildman–Crippen MR) is 99.9 cm³/mol. The highest BCUT2D eigenvalue weighted by molar-refractivity contribution is 6.62. The average Bonchev–Trinajstić information content (AvgIpc) is 2.78. The number of nitrogens with zero attached hydrogens (tertiary/aromatic N) is 1. The molecule has 0 N–H and O–H groups in total. The molecule has 3 rings (SSSR count). The maximum atomic E-state index is 6.19. The minimum atomic E-state index is -0.392. The molecule has 0 aliphatic carbocycles. The van der Waals surface area contributed by atoms with Gasteiger partial charge in [-0.3, -0.25) is 0 Å². The molecule has 2 aliphatic heterocycles. The molecule has 0 radical (unpaired) electrons. The summed E-state index contributed by atoms with van der Waals surface area (Å²) in [4.78, 5) is 2.33. The van der Waals surface area contributed by atoms with Crippen LogP contribution in [0, 0.1) is 0 Å². The van der Waals surface area contributed by atoms with Crippen molar-refractivity contribution in [2.45, 2.75) is 57.8 Å². The summed E-state index contributed by atoms with van der Waals surface area (Å²) in [5.41, 5.74) is 0.244. The van der Waals surface area contributed by atoms with Gasteiger partial charge in [-0.2, -0.15) is 0 Å². The number of benzene rings is 1. The lowest BCUT2D eigenvalue weighted by molar-refractivity contribution is 0.00578. The van der Waals surface area contributed by atoms with Gasteiger partial charge in [0.05, 0.1) is 18.3 Å². The van der Waals surface area contributed by atoms with E-state index in [0.29, 0.717) is 0 Å². The molecular weight excluding hydrogens is 317 g/mol. The van der Waals surface area contributed by atoms with Gasteiger partial charge in [-0.25, -0.2) is 0 Å². The Hall–Kier alpha value is -1.24. The quantitative estimate of drug-likeness (QED) is 0.783. The van der Waals surface area contributed by atoms with Gasteiger partial charge >= 0.3 is 7.12 Å². The molecule has 2 aliphatic rings. The second-order valence-electron chi connectivity index (χ2n) is 8.12. The fourth-order valence-electron chi connectivity index (χ4n) is 3.19. The van der Waals surface area contributed by atoms with Crippen LogP contribution in [0.15, 0.2) is 18.2 Å². The molecule has 2 heterocycles. The zero-order chi connectivity index (χ0) is 18.2. The number of ether oxygens (including phenoxy) is 2. The first-order valence-corrected chi connectivity index (χ1v) is 9.10. The molecule has 0 atom stereocenters. The van der Waals surface area contributed by atoms with Crippen LogP contribution in [0.4, 0.5) is 0 Å². The topological polar surface area (TPSA) is 40.2 Å². The predicted octanol–water partition coefficient (Wildman–Crippen LogP) is 2.47. The van der Waals surface area contributed by atoms with Gasteiger partial charge in [0.1, 0.15) is 6.10 Å². The van der Waals surface area contributed by atoms with Gasteiger partial charge in [-0.15, -0.1) is 0 Å². The van der Waals surface area contributed by atoms with E-state index >= 15 is 0 Å². The number of hydrogen-bond donors (Lipinski definition) is 0. The van der Waals surface area contributed by atoms with E-state index in [1.807, 2.05) is 18.2 Å². The molecular formula is C19H30BNO4. The number of piperidine rings is 1. The second-order valence-corrected chi connectivity index (χ2v) is 8.12. The molecule has 2 fully saturated rings. The maximum absolute atomic E-state index is 6.19. The van der Waals surface area contributed by atoms with Gasteiger partial charge in [0.25, 0.3) is 0 Å². The van der Waals surface area contributed by atoms with Crippen molar-refractivity contribution in [2.75, 3.05) is 27.2 Å². The lowest BCUT2D eigenvalue weighted by atomic mass is 9.79. The highest BCUT2D eigenvalue weighted by Crippen LogP contribution is 2.37. The standard InChI is InChI=1S/C19H30BNO4/c1-18(2)19(3,4)25-20(24-18)14-7-8-16(17(13-14)22-6)23-15-9-11-21(5)12-10-15/h7-8,13,15H,9-12H2,1-6H3. The smallest absolute Gasteiger partial charge is 0.493 e. The summed E-state index contributed by atoms with van der Waals surface area (Å²) in [7, 11) is 3.43. The molecule has 1 aromatic carbocycles. The summed E-state index contributed by atoms with van der Waals surface area (Å²) >= 11 is 0.